The molecule has 1 amide bonds. The van der Waals surface area contributed by atoms with Crippen LogP contribution in [0.1, 0.15) is 23.6 Å². The highest BCUT2D eigenvalue weighted by Gasteiger charge is 2.17. The quantitative estimate of drug-likeness (QED) is 0.529. The van der Waals surface area contributed by atoms with Crippen LogP contribution in [0.5, 0.6) is 5.75 Å². The maximum Gasteiger partial charge on any atom is 0.233 e. The van der Waals surface area contributed by atoms with Gasteiger partial charge in [-0.3, -0.25) is 4.79 Å². The minimum atomic E-state index is 0.0163. The third-order valence-corrected chi connectivity index (χ3v) is 5.39. The smallest absolute Gasteiger partial charge is 0.233 e. The Bertz CT molecular complexity index is 989. The van der Waals surface area contributed by atoms with Crippen LogP contribution < -0.4 is 4.74 Å². The van der Waals surface area contributed by atoms with Crippen LogP contribution in [0.3, 0.4) is 0 Å². The number of carbonyl (C=O) groups excluding carboxylic acids is 1. The first-order valence-electron chi connectivity index (χ1n) is 9.43. The molecule has 0 spiro atoms. The van der Waals surface area contributed by atoms with E-state index in [-0.39, 0.29) is 11.7 Å². The van der Waals surface area contributed by atoms with E-state index in [1.807, 2.05) is 38.2 Å². The van der Waals surface area contributed by atoms with Gasteiger partial charge >= 0.3 is 0 Å². The summed E-state index contributed by atoms with van der Waals surface area (Å²) in [5.41, 5.74) is 4.30. The Labute approximate surface area is 175 Å². The molecule has 0 saturated carbocycles. The fourth-order valence-corrected chi connectivity index (χ4v) is 3.76. The van der Waals surface area contributed by atoms with Gasteiger partial charge in [0.15, 0.2) is 0 Å². The third-order valence-electron chi connectivity index (χ3n) is 4.49. The minimum absolute atomic E-state index is 0.0163. The molecular formula is C21H25N5O2S. The number of rotatable bonds is 8. The molecule has 0 bridgehead atoms. The van der Waals surface area contributed by atoms with Gasteiger partial charge in [0.2, 0.25) is 11.1 Å². The van der Waals surface area contributed by atoms with Crippen molar-refractivity contribution in [1.29, 1.82) is 0 Å². The second-order valence-corrected chi connectivity index (χ2v) is 7.68. The molecule has 0 unspecified atom stereocenters. The molecule has 0 N–H and O–H groups in total. The number of aromatic nitrogens is 4. The van der Waals surface area contributed by atoms with Gasteiger partial charge in [0.1, 0.15) is 11.4 Å². The van der Waals surface area contributed by atoms with Crippen molar-refractivity contribution in [3.05, 3.63) is 59.2 Å². The van der Waals surface area contributed by atoms with E-state index in [4.69, 9.17) is 4.74 Å². The zero-order valence-corrected chi connectivity index (χ0v) is 17.9. The zero-order valence-electron chi connectivity index (χ0n) is 17.1. The number of tetrazole rings is 1. The van der Waals surface area contributed by atoms with Crippen molar-refractivity contribution in [1.82, 2.24) is 25.1 Å². The number of thioether (sulfide) groups is 1. The summed E-state index contributed by atoms with van der Waals surface area (Å²) in [5, 5.41) is 12.5. The van der Waals surface area contributed by atoms with Crippen molar-refractivity contribution in [2.24, 2.45) is 0 Å². The lowest BCUT2D eigenvalue weighted by Gasteiger charge is -2.18. The Hall–Kier alpha value is -2.87. The van der Waals surface area contributed by atoms with Crippen molar-refractivity contribution in [2.45, 2.75) is 32.5 Å². The molecular weight excluding hydrogens is 386 g/mol. The van der Waals surface area contributed by atoms with Crippen molar-refractivity contribution in [3.63, 3.8) is 0 Å². The van der Waals surface area contributed by atoms with Gasteiger partial charge in [0.25, 0.3) is 0 Å². The Morgan fingerprint density at radius 1 is 1.21 bits per heavy atom. The van der Waals surface area contributed by atoms with Crippen LogP contribution in [0.4, 0.5) is 0 Å². The molecule has 0 aliphatic carbocycles. The number of nitrogens with zero attached hydrogens (tertiary/aromatic N) is 5. The Morgan fingerprint density at radius 2 is 2.00 bits per heavy atom. The second-order valence-electron chi connectivity index (χ2n) is 6.74. The van der Waals surface area contributed by atoms with Crippen LogP contribution in [-0.2, 0) is 11.3 Å². The normalized spacial score (nSPS) is 10.8. The van der Waals surface area contributed by atoms with Gasteiger partial charge in [0, 0.05) is 13.6 Å². The van der Waals surface area contributed by atoms with Crippen molar-refractivity contribution < 1.29 is 9.53 Å². The largest absolute Gasteiger partial charge is 0.492 e. The average molecular weight is 412 g/mol. The molecule has 2 aromatic carbocycles. The summed E-state index contributed by atoms with van der Waals surface area (Å²) < 4.78 is 7.27. The Kier molecular flexibility index (Phi) is 6.87. The first-order valence-corrected chi connectivity index (χ1v) is 10.4. The van der Waals surface area contributed by atoms with Crippen LogP contribution in [-0.4, -0.2) is 50.4 Å². The van der Waals surface area contributed by atoms with Gasteiger partial charge in [-0.15, -0.1) is 5.10 Å². The number of para-hydroxylation sites is 2. The summed E-state index contributed by atoms with van der Waals surface area (Å²) in [6.07, 6.45) is 0. The SMILES string of the molecule is CCOc1ccccc1-n1nnnc1SCC(=O)N(C)Cc1ccc(C)cc1C. The van der Waals surface area contributed by atoms with E-state index in [1.165, 1.54) is 22.9 Å². The molecule has 0 atom stereocenters. The molecule has 7 nitrogen and oxygen atoms in total. The van der Waals surface area contributed by atoms with E-state index in [0.717, 1.165) is 11.3 Å². The summed E-state index contributed by atoms with van der Waals surface area (Å²) in [6.45, 7) is 7.18. The van der Waals surface area contributed by atoms with E-state index in [1.54, 1.807) is 9.58 Å². The molecule has 0 aliphatic rings. The van der Waals surface area contributed by atoms with E-state index in [0.29, 0.717) is 24.1 Å². The predicted molar refractivity (Wildman–Crippen MR) is 113 cm³/mol. The maximum atomic E-state index is 12.6. The lowest BCUT2D eigenvalue weighted by molar-refractivity contribution is -0.127. The molecule has 0 radical (unpaired) electrons. The van der Waals surface area contributed by atoms with Crippen LogP contribution in [0.25, 0.3) is 5.69 Å². The lowest BCUT2D eigenvalue weighted by atomic mass is 10.1. The van der Waals surface area contributed by atoms with E-state index in [9.17, 15) is 4.79 Å². The van der Waals surface area contributed by atoms with Gasteiger partial charge in [-0.1, -0.05) is 47.7 Å². The van der Waals surface area contributed by atoms with Gasteiger partial charge in [-0.2, -0.15) is 4.68 Å². The maximum absolute atomic E-state index is 12.6. The first kappa shape index (κ1) is 20.9. The van der Waals surface area contributed by atoms with Crippen molar-refractivity contribution in [2.75, 3.05) is 19.4 Å². The second kappa shape index (κ2) is 9.56. The summed E-state index contributed by atoms with van der Waals surface area (Å²) in [4.78, 5) is 14.4. The standard InChI is InChI=1S/C21H25N5O2S/c1-5-28-19-9-7-6-8-18(19)26-21(22-23-24-26)29-14-20(27)25(4)13-17-11-10-15(2)12-16(17)3/h6-12H,5,13-14H2,1-4H3. The molecule has 0 saturated heterocycles. The summed E-state index contributed by atoms with van der Waals surface area (Å²) in [5.74, 6) is 0.962. The lowest BCUT2D eigenvalue weighted by Crippen LogP contribution is -2.28. The molecule has 29 heavy (non-hydrogen) atoms. The molecule has 1 aromatic heterocycles. The highest BCUT2D eigenvalue weighted by molar-refractivity contribution is 7.99. The van der Waals surface area contributed by atoms with Crippen molar-refractivity contribution in [3.8, 4) is 11.4 Å². The number of benzene rings is 2. The van der Waals surface area contributed by atoms with Crippen LogP contribution in [0.2, 0.25) is 0 Å². The van der Waals surface area contributed by atoms with Crippen LogP contribution in [0.15, 0.2) is 47.6 Å². The first-order chi connectivity index (χ1) is 14.0. The fraction of sp³-hybridized carbons (Fsp3) is 0.333. The third kappa shape index (κ3) is 5.14. The summed E-state index contributed by atoms with van der Waals surface area (Å²) in [7, 11) is 1.82. The molecule has 3 rings (SSSR count). The molecule has 152 valence electrons. The number of aryl methyl sites for hydroxylation is 2. The molecule has 3 aromatic rings. The average Bonchev–Trinajstić information content (AvgIpc) is 3.17. The number of amides is 1. The topological polar surface area (TPSA) is 73.1 Å². The number of ether oxygens (including phenoxy) is 1. The number of carbonyl (C=O) groups is 1. The highest BCUT2D eigenvalue weighted by atomic mass is 32.2. The minimum Gasteiger partial charge on any atom is -0.492 e. The van der Waals surface area contributed by atoms with E-state index in [2.05, 4.69) is 47.6 Å². The zero-order chi connectivity index (χ0) is 20.8. The highest BCUT2D eigenvalue weighted by Crippen LogP contribution is 2.26. The van der Waals surface area contributed by atoms with E-state index < -0.39 is 0 Å². The van der Waals surface area contributed by atoms with Gasteiger partial charge in [-0.05, 0) is 54.5 Å². The summed E-state index contributed by atoms with van der Waals surface area (Å²) >= 11 is 1.31. The monoisotopic (exact) mass is 411 g/mol. The van der Waals surface area contributed by atoms with Gasteiger partial charge < -0.3 is 9.64 Å². The molecule has 8 heteroatoms. The molecule has 1 heterocycles. The van der Waals surface area contributed by atoms with Crippen LogP contribution >= 0.6 is 11.8 Å². The van der Waals surface area contributed by atoms with Crippen molar-refractivity contribution >= 4 is 17.7 Å². The van der Waals surface area contributed by atoms with Gasteiger partial charge in [-0.25, -0.2) is 0 Å². The van der Waals surface area contributed by atoms with Gasteiger partial charge in [0.05, 0.1) is 12.4 Å². The number of hydrogen-bond acceptors (Lipinski definition) is 6. The molecule has 0 fully saturated rings. The Morgan fingerprint density at radius 3 is 2.76 bits per heavy atom. The summed E-state index contributed by atoms with van der Waals surface area (Å²) in [6, 6.07) is 13.8. The number of hydrogen-bond donors (Lipinski definition) is 0. The van der Waals surface area contributed by atoms with Crippen LogP contribution in [0, 0.1) is 13.8 Å². The fourth-order valence-electron chi connectivity index (χ4n) is 2.93. The Balaban J connectivity index is 1.66. The predicted octanol–water partition coefficient (Wildman–Crippen LogP) is 3.43. The molecule has 0 aliphatic heterocycles. The van der Waals surface area contributed by atoms with E-state index >= 15 is 0 Å².